The first kappa shape index (κ1) is 14.0. The standard InChI is InChI=1S/C12H22N2O3/c1-3-10(4-2)12(17)14-7-5-13(6-8-14)9-11(15)16/h10H,3-9H2,1-2H3,(H,15,16). The maximum Gasteiger partial charge on any atom is 0.226 e. The van der Waals surface area contributed by atoms with Gasteiger partial charge >= 0.3 is 0 Å². The highest BCUT2D eigenvalue weighted by Crippen LogP contribution is 2.11. The van der Waals surface area contributed by atoms with E-state index in [1.165, 1.54) is 0 Å². The molecule has 1 aliphatic rings. The molecule has 1 N–H and O–H groups in total. The second kappa shape index (κ2) is 6.59. The molecule has 17 heavy (non-hydrogen) atoms. The Bertz CT molecular complexity index is 269. The van der Waals surface area contributed by atoms with Gasteiger partial charge in [0.2, 0.25) is 5.91 Å². The number of amides is 1. The van der Waals surface area contributed by atoms with Crippen LogP contribution in [0.1, 0.15) is 26.7 Å². The summed E-state index contributed by atoms with van der Waals surface area (Å²) >= 11 is 0. The van der Waals surface area contributed by atoms with Crippen molar-refractivity contribution in [1.29, 1.82) is 0 Å². The van der Waals surface area contributed by atoms with Crippen molar-refractivity contribution in [2.75, 3.05) is 32.7 Å². The smallest absolute Gasteiger partial charge is 0.226 e. The topological polar surface area (TPSA) is 64.9 Å². The number of piperazine rings is 1. The van der Waals surface area contributed by atoms with Gasteiger partial charge in [0.05, 0.1) is 32.1 Å². The van der Waals surface area contributed by atoms with Crippen LogP contribution in [0, 0.1) is 5.92 Å². The van der Waals surface area contributed by atoms with E-state index in [2.05, 4.69) is 0 Å². The van der Waals surface area contributed by atoms with Crippen molar-refractivity contribution in [2.45, 2.75) is 26.7 Å². The lowest BCUT2D eigenvalue weighted by atomic mass is 10.0. The number of nitrogens with zero attached hydrogens (tertiary/aromatic N) is 1. The highest BCUT2D eigenvalue weighted by atomic mass is 16.4. The van der Waals surface area contributed by atoms with Crippen LogP contribution in [0.5, 0.6) is 0 Å². The van der Waals surface area contributed by atoms with Crippen LogP contribution >= 0.6 is 0 Å². The molecule has 0 unspecified atom stereocenters. The summed E-state index contributed by atoms with van der Waals surface area (Å²) in [5, 5.41) is 10.5. The average Bonchev–Trinajstić information content (AvgIpc) is 2.30. The molecule has 0 atom stereocenters. The molecule has 98 valence electrons. The Morgan fingerprint density at radius 3 is 2.18 bits per heavy atom. The molecule has 0 aromatic rings. The van der Waals surface area contributed by atoms with Gasteiger partial charge in [0.15, 0.2) is 0 Å². The number of hydrogen-bond donors (Lipinski definition) is 1. The number of aliphatic carboxylic acids is 1. The highest BCUT2D eigenvalue weighted by Gasteiger charge is 2.27. The fourth-order valence-corrected chi connectivity index (χ4v) is 2.32. The van der Waals surface area contributed by atoms with Gasteiger partial charge in [-0.2, -0.15) is 0 Å². The third kappa shape index (κ3) is 4.00. The van der Waals surface area contributed by atoms with E-state index in [0.717, 1.165) is 17.7 Å². The van der Waals surface area contributed by atoms with Gasteiger partial charge in [0.25, 0.3) is 0 Å². The zero-order valence-corrected chi connectivity index (χ0v) is 10.7. The quantitative estimate of drug-likeness (QED) is 0.600. The van der Waals surface area contributed by atoms with Gasteiger partial charge in [-0.3, -0.25) is 4.79 Å². The van der Waals surface area contributed by atoms with Crippen LogP contribution in [0.3, 0.4) is 0 Å². The van der Waals surface area contributed by atoms with E-state index in [4.69, 9.17) is 0 Å². The van der Waals surface area contributed by atoms with Crippen LogP contribution in [0.25, 0.3) is 0 Å². The molecular weight excluding hydrogens is 220 g/mol. The number of carbonyl (C=O) groups is 2. The number of hydrogen-bond acceptors (Lipinski definition) is 3. The van der Waals surface area contributed by atoms with Gasteiger partial charge in [0, 0.05) is 5.92 Å². The van der Waals surface area contributed by atoms with Crippen molar-refractivity contribution in [3.63, 3.8) is 0 Å². The summed E-state index contributed by atoms with van der Waals surface area (Å²) in [6.07, 6.45) is 1.75. The lowest BCUT2D eigenvalue weighted by Crippen LogP contribution is -3.16. The van der Waals surface area contributed by atoms with E-state index in [0.29, 0.717) is 26.2 Å². The Labute approximate surface area is 102 Å². The van der Waals surface area contributed by atoms with Crippen LogP contribution in [-0.2, 0) is 9.59 Å². The molecule has 1 aliphatic heterocycles. The second-order valence-electron chi connectivity index (χ2n) is 4.64. The molecule has 5 heteroatoms. The summed E-state index contributed by atoms with van der Waals surface area (Å²) in [6.45, 7) is 6.86. The number of carbonyl (C=O) groups excluding carboxylic acids is 2. The lowest BCUT2D eigenvalue weighted by molar-refractivity contribution is -0.898. The molecule has 1 saturated heterocycles. The summed E-state index contributed by atoms with van der Waals surface area (Å²) < 4.78 is 0. The molecule has 0 aromatic carbocycles. The van der Waals surface area contributed by atoms with Crippen molar-refractivity contribution in [3.05, 3.63) is 0 Å². The third-order valence-electron chi connectivity index (χ3n) is 3.51. The maximum atomic E-state index is 12.1. The Hall–Kier alpha value is -1.10. The zero-order chi connectivity index (χ0) is 12.8. The summed E-state index contributed by atoms with van der Waals surface area (Å²) in [7, 11) is 0. The number of rotatable bonds is 5. The van der Waals surface area contributed by atoms with Crippen LogP contribution in [0.2, 0.25) is 0 Å². The van der Waals surface area contributed by atoms with Gasteiger partial charge in [-0.1, -0.05) is 13.8 Å². The first-order chi connectivity index (χ1) is 8.08. The summed E-state index contributed by atoms with van der Waals surface area (Å²) in [5.41, 5.74) is 0. The van der Waals surface area contributed by atoms with Crippen LogP contribution < -0.4 is 10.0 Å². The van der Waals surface area contributed by atoms with Gasteiger partial charge in [-0.15, -0.1) is 0 Å². The van der Waals surface area contributed by atoms with Crippen molar-refractivity contribution < 1.29 is 19.6 Å². The second-order valence-corrected chi connectivity index (χ2v) is 4.64. The molecule has 0 aromatic heterocycles. The molecule has 5 nitrogen and oxygen atoms in total. The molecule has 0 aliphatic carbocycles. The molecule has 0 spiro atoms. The van der Waals surface area contributed by atoms with Gasteiger partial charge in [0.1, 0.15) is 6.54 Å². The Morgan fingerprint density at radius 1 is 1.24 bits per heavy atom. The van der Waals surface area contributed by atoms with E-state index in [1.54, 1.807) is 0 Å². The van der Waals surface area contributed by atoms with E-state index in [9.17, 15) is 14.7 Å². The summed E-state index contributed by atoms with van der Waals surface area (Å²) in [5.74, 6) is -0.667. The monoisotopic (exact) mass is 242 g/mol. The molecule has 0 saturated carbocycles. The van der Waals surface area contributed by atoms with Crippen molar-refractivity contribution in [3.8, 4) is 0 Å². The Balaban J connectivity index is 2.40. The third-order valence-corrected chi connectivity index (χ3v) is 3.51. The van der Waals surface area contributed by atoms with Gasteiger partial charge in [-0.25, -0.2) is 0 Å². The van der Waals surface area contributed by atoms with Gasteiger partial charge in [-0.05, 0) is 12.8 Å². The molecule has 1 amide bonds. The molecule has 0 radical (unpaired) electrons. The predicted molar refractivity (Wildman–Crippen MR) is 61.2 cm³/mol. The Morgan fingerprint density at radius 2 is 1.76 bits per heavy atom. The fraction of sp³-hybridized carbons (Fsp3) is 0.833. The minimum Gasteiger partial charge on any atom is -0.544 e. The largest absolute Gasteiger partial charge is 0.544 e. The highest BCUT2D eigenvalue weighted by molar-refractivity contribution is 5.78. The molecule has 1 fully saturated rings. The lowest BCUT2D eigenvalue weighted by Gasteiger charge is -2.34. The fourth-order valence-electron chi connectivity index (χ4n) is 2.32. The Kier molecular flexibility index (Phi) is 5.41. The SMILES string of the molecule is CCC(CC)C(=O)N1CC[NH+](CC(=O)[O-])CC1. The van der Waals surface area contributed by atoms with E-state index >= 15 is 0 Å². The molecule has 1 rings (SSSR count). The molecular formula is C12H22N2O3. The van der Waals surface area contributed by atoms with Crippen LogP contribution in [0.15, 0.2) is 0 Å². The minimum atomic E-state index is -1.01. The number of carboxylic acids is 1. The van der Waals surface area contributed by atoms with E-state index in [1.807, 2.05) is 18.7 Å². The van der Waals surface area contributed by atoms with Crippen molar-refractivity contribution >= 4 is 11.9 Å². The number of quaternary nitrogens is 1. The molecule has 1 heterocycles. The average molecular weight is 242 g/mol. The summed E-state index contributed by atoms with van der Waals surface area (Å²) in [6, 6.07) is 0. The van der Waals surface area contributed by atoms with E-state index < -0.39 is 5.97 Å². The van der Waals surface area contributed by atoms with Crippen LogP contribution in [-0.4, -0.2) is 49.5 Å². The first-order valence-electron chi connectivity index (χ1n) is 6.40. The van der Waals surface area contributed by atoms with Crippen LogP contribution in [0.4, 0.5) is 0 Å². The zero-order valence-electron chi connectivity index (χ0n) is 10.7. The number of nitrogens with one attached hydrogen (secondary N) is 1. The minimum absolute atomic E-state index is 0.0486. The number of carboxylic acid groups (broad SMARTS) is 1. The van der Waals surface area contributed by atoms with Gasteiger partial charge < -0.3 is 19.7 Å². The summed E-state index contributed by atoms with van der Waals surface area (Å²) in [4.78, 5) is 25.4. The maximum absolute atomic E-state index is 12.1. The predicted octanol–water partition coefficient (Wildman–Crippen LogP) is -2.10. The van der Waals surface area contributed by atoms with E-state index in [-0.39, 0.29) is 18.4 Å². The van der Waals surface area contributed by atoms with Crippen molar-refractivity contribution in [2.24, 2.45) is 5.92 Å². The first-order valence-corrected chi connectivity index (χ1v) is 6.40. The van der Waals surface area contributed by atoms with Crippen molar-refractivity contribution in [1.82, 2.24) is 4.90 Å². The molecule has 0 bridgehead atoms. The normalized spacial score (nSPS) is 17.5.